The van der Waals surface area contributed by atoms with Crippen molar-refractivity contribution in [1.29, 1.82) is 0 Å². The molecule has 0 aliphatic carbocycles. The normalized spacial score (nSPS) is 21.0. The number of aliphatic carboxylic acids is 1. The van der Waals surface area contributed by atoms with Crippen LogP contribution < -0.4 is 4.74 Å². The van der Waals surface area contributed by atoms with Crippen molar-refractivity contribution in [1.82, 2.24) is 4.90 Å². The fraction of sp³-hybridized carbons (Fsp3) is 0.556. The van der Waals surface area contributed by atoms with Crippen molar-refractivity contribution in [2.24, 2.45) is 5.41 Å². The van der Waals surface area contributed by atoms with Gasteiger partial charge in [-0.1, -0.05) is 19.1 Å². The molecule has 0 aromatic heterocycles. The first-order valence-electron chi connectivity index (χ1n) is 8.15. The Bertz CT molecular complexity index is 572. The van der Waals surface area contributed by atoms with Crippen molar-refractivity contribution in [3.05, 3.63) is 29.8 Å². The molecule has 1 heterocycles. The van der Waals surface area contributed by atoms with E-state index in [2.05, 4.69) is 0 Å². The summed E-state index contributed by atoms with van der Waals surface area (Å²) in [6.45, 7) is 2.88. The van der Waals surface area contributed by atoms with E-state index in [-0.39, 0.29) is 5.91 Å². The van der Waals surface area contributed by atoms with Gasteiger partial charge in [0, 0.05) is 19.5 Å². The van der Waals surface area contributed by atoms with Crippen LogP contribution >= 0.6 is 0 Å². The number of amides is 1. The molecule has 0 unspecified atom stereocenters. The van der Waals surface area contributed by atoms with Crippen molar-refractivity contribution < 1.29 is 19.4 Å². The number of hydrogen-bond donors (Lipinski definition) is 1. The molecular formula is C18H25NO4. The Morgan fingerprint density at radius 1 is 1.39 bits per heavy atom. The highest BCUT2D eigenvalue weighted by Crippen LogP contribution is 2.34. The third-order valence-corrected chi connectivity index (χ3v) is 4.82. The first-order valence-corrected chi connectivity index (χ1v) is 8.15. The Kier molecular flexibility index (Phi) is 5.64. The molecule has 2 rings (SSSR count). The largest absolute Gasteiger partial charge is 0.497 e. The maximum Gasteiger partial charge on any atom is 0.311 e. The number of likely N-dealkylation sites (tertiary alicyclic amines) is 1. The number of carbonyl (C=O) groups excluding carboxylic acids is 1. The lowest BCUT2D eigenvalue weighted by Gasteiger charge is -2.39. The number of benzene rings is 1. The second-order valence-electron chi connectivity index (χ2n) is 6.21. The summed E-state index contributed by atoms with van der Waals surface area (Å²) in [6.07, 6.45) is 3.00. The predicted octanol–water partition coefficient (Wildman–Crippen LogP) is 2.73. The minimum absolute atomic E-state index is 0.0339. The molecule has 5 heteroatoms. The molecule has 1 N–H and O–H groups in total. The molecule has 1 aromatic carbocycles. The van der Waals surface area contributed by atoms with Crippen LogP contribution in [0.1, 0.15) is 38.2 Å². The summed E-state index contributed by atoms with van der Waals surface area (Å²) in [6, 6.07) is 7.68. The zero-order chi connectivity index (χ0) is 16.9. The summed E-state index contributed by atoms with van der Waals surface area (Å²) in [4.78, 5) is 25.8. The van der Waals surface area contributed by atoms with Crippen molar-refractivity contribution >= 4 is 11.9 Å². The third-order valence-electron chi connectivity index (χ3n) is 4.82. The lowest BCUT2D eigenvalue weighted by Crippen LogP contribution is -2.49. The lowest BCUT2D eigenvalue weighted by atomic mass is 9.77. The van der Waals surface area contributed by atoms with E-state index in [1.165, 1.54) is 0 Å². The summed E-state index contributed by atoms with van der Waals surface area (Å²) in [7, 11) is 1.62. The van der Waals surface area contributed by atoms with Gasteiger partial charge in [0.25, 0.3) is 0 Å². The maximum absolute atomic E-state index is 12.5. The Morgan fingerprint density at radius 2 is 2.17 bits per heavy atom. The number of piperidine rings is 1. The number of nitrogens with zero attached hydrogens (tertiary/aromatic N) is 1. The molecule has 0 radical (unpaired) electrons. The van der Waals surface area contributed by atoms with Gasteiger partial charge in [0.1, 0.15) is 5.75 Å². The SMILES string of the molecule is CC[C@@]1(C(=O)O)CCCN(C(=O)CCc2cccc(OC)c2)C1. The molecular weight excluding hydrogens is 294 g/mol. The van der Waals surface area contributed by atoms with Crippen molar-refractivity contribution in [2.75, 3.05) is 20.2 Å². The molecule has 5 nitrogen and oxygen atoms in total. The summed E-state index contributed by atoms with van der Waals surface area (Å²) in [5.74, 6) is 0.0284. The van der Waals surface area contributed by atoms with Crippen molar-refractivity contribution in [2.45, 2.75) is 39.0 Å². The van der Waals surface area contributed by atoms with Crippen LogP contribution in [0.3, 0.4) is 0 Å². The monoisotopic (exact) mass is 319 g/mol. The number of aryl methyl sites for hydroxylation is 1. The van der Waals surface area contributed by atoms with Crippen LogP contribution in [0.25, 0.3) is 0 Å². The molecule has 1 aliphatic rings. The van der Waals surface area contributed by atoms with Crippen LogP contribution in [0.4, 0.5) is 0 Å². The van der Waals surface area contributed by atoms with E-state index in [9.17, 15) is 14.7 Å². The standard InChI is InChI=1S/C18H25NO4/c1-3-18(17(21)22)10-5-11-19(13-18)16(20)9-8-14-6-4-7-15(12-14)23-2/h4,6-7,12H,3,5,8-11,13H2,1-2H3,(H,21,22)/t18-/m1/s1. The second-order valence-corrected chi connectivity index (χ2v) is 6.21. The van der Waals surface area contributed by atoms with Crippen LogP contribution in [0, 0.1) is 5.41 Å². The lowest BCUT2D eigenvalue weighted by molar-refractivity contribution is -0.155. The smallest absolute Gasteiger partial charge is 0.311 e. The van der Waals surface area contributed by atoms with E-state index in [1.807, 2.05) is 31.2 Å². The van der Waals surface area contributed by atoms with Gasteiger partial charge in [-0.25, -0.2) is 0 Å². The van der Waals surface area contributed by atoms with Gasteiger partial charge >= 0.3 is 5.97 Å². The highest BCUT2D eigenvalue weighted by atomic mass is 16.5. The fourth-order valence-electron chi connectivity index (χ4n) is 3.20. The number of methoxy groups -OCH3 is 1. The summed E-state index contributed by atoms with van der Waals surface area (Å²) < 4.78 is 5.19. The highest BCUT2D eigenvalue weighted by Gasteiger charge is 2.41. The number of rotatable bonds is 6. The molecule has 1 aromatic rings. The van der Waals surface area contributed by atoms with Gasteiger partial charge in [0.05, 0.1) is 12.5 Å². The van der Waals surface area contributed by atoms with Gasteiger partial charge in [-0.15, -0.1) is 0 Å². The first kappa shape index (κ1) is 17.3. The van der Waals surface area contributed by atoms with Gasteiger partial charge in [-0.3, -0.25) is 9.59 Å². The molecule has 1 saturated heterocycles. The Balaban J connectivity index is 1.96. The van der Waals surface area contributed by atoms with Crippen molar-refractivity contribution in [3.63, 3.8) is 0 Å². The van der Waals surface area contributed by atoms with Crippen molar-refractivity contribution in [3.8, 4) is 5.75 Å². The molecule has 1 atom stereocenters. The summed E-state index contributed by atoms with van der Waals surface area (Å²) >= 11 is 0. The van der Waals surface area contributed by atoms with Gasteiger partial charge in [0.2, 0.25) is 5.91 Å². The third kappa shape index (κ3) is 4.03. The quantitative estimate of drug-likeness (QED) is 0.875. The van der Waals surface area contributed by atoms with Gasteiger partial charge in [0.15, 0.2) is 0 Å². The minimum Gasteiger partial charge on any atom is -0.497 e. The Labute approximate surface area is 137 Å². The second kappa shape index (κ2) is 7.49. The molecule has 1 amide bonds. The van der Waals surface area contributed by atoms with Gasteiger partial charge < -0.3 is 14.7 Å². The predicted molar refractivity (Wildman–Crippen MR) is 87.5 cm³/mol. The van der Waals surface area contributed by atoms with Gasteiger partial charge in [-0.2, -0.15) is 0 Å². The fourth-order valence-corrected chi connectivity index (χ4v) is 3.20. The van der Waals surface area contributed by atoms with E-state index < -0.39 is 11.4 Å². The topological polar surface area (TPSA) is 66.8 Å². The number of hydrogen-bond acceptors (Lipinski definition) is 3. The molecule has 0 bridgehead atoms. The Hall–Kier alpha value is -2.04. The zero-order valence-electron chi connectivity index (χ0n) is 13.9. The Morgan fingerprint density at radius 3 is 2.83 bits per heavy atom. The minimum atomic E-state index is -0.787. The average Bonchev–Trinajstić information content (AvgIpc) is 2.59. The van der Waals surface area contributed by atoms with E-state index in [1.54, 1.807) is 12.0 Å². The molecule has 0 spiro atoms. The first-order chi connectivity index (χ1) is 11.0. The summed E-state index contributed by atoms with van der Waals surface area (Å²) in [5.41, 5.74) is 0.277. The van der Waals surface area contributed by atoms with Crippen LogP contribution in [0.5, 0.6) is 5.75 Å². The number of carbonyl (C=O) groups is 2. The molecule has 1 fully saturated rings. The van der Waals surface area contributed by atoms with Crippen LogP contribution in [-0.4, -0.2) is 42.1 Å². The zero-order valence-corrected chi connectivity index (χ0v) is 13.9. The molecule has 0 saturated carbocycles. The van der Waals surface area contributed by atoms with E-state index in [0.717, 1.165) is 17.7 Å². The number of ether oxygens (including phenoxy) is 1. The van der Waals surface area contributed by atoms with Gasteiger partial charge in [-0.05, 0) is 43.4 Å². The van der Waals surface area contributed by atoms with Crippen LogP contribution in [-0.2, 0) is 16.0 Å². The molecule has 126 valence electrons. The van der Waals surface area contributed by atoms with Crippen LogP contribution in [0.2, 0.25) is 0 Å². The van der Waals surface area contributed by atoms with E-state index in [4.69, 9.17) is 4.74 Å². The van der Waals surface area contributed by atoms with E-state index in [0.29, 0.717) is 38.8 Å². The highest BCUT2D eigenvalue weighted by molar-refractivity contribution is 5.80. The number of carboxylic acid groups (broad SMARTS) is 1. The summed E-state index contributed by atoms with van der Waals surface area (Å²) in [5, 5.41) is 9.50. The maximum atomic E-state index is 12.5. The molecule has 23 heavy (non-hydrogen) atoms. The number of carboxylic acids is 1. The molecule has 1 aliphatic heterocycles. The van der Waals surface area contributed by atoms with E-state index >= 15 is 0 Å². The van der Waals surface area contributed by atoms with Crippen LogP contribution in [0.15, 0.2) is 24.3 Å². The average molecular weight is 319 g/mol.